The third-order valence-corrected chi connectivity index (χ3v) is 3.85. The van der Waals surface area contributed by atoms with Crippen molar-refractivity contribution in [2.45, 2.75) is 19.4 Å². The van der Waals surface area contributed by atoms with Crippen LogP contribution in [0.5, 0.6) is 0 Å². The molecule has 106 valence electrons. The average Bonchev–Trinajstić information content (AvgIpc) is 2.88. The number of nitrogens with one attached hydrogen (secondary N) is 1. The number of aromatic amines is 1. The van der Waals surface area contributed by atoms with Crippen molar-refractivity contribution in [2.24, 2.45) is 5.92 Å². The lowest BCUT2D eigenvalue weighted by Crippen LogP contribution is -2.38. The maximum Gasteiger partial charge on any atom is 0.309 e. The van der Waals surface area contributed by atoms with Crippen molar-refractivity contribution in [1.29, 1.82) is 0 Å². The van der Waals surface area contributed by atoms with Crippen LogP contribution in [0, 0.1) is 5.92 Å². The maximum atomic E-state index is 11.6. The van der Waals surface area contributed by atoms with E-state index in [4.69, 9.17) is 4.74 Å². The molecule has 5 nitrogen and oxygen atoms in total. The standard InChI is InChI=1S/C15H19N3O2/c1-20-15(19)11-5-4-8-18(9-11)10-14-16-12-6-2-3-7-13(12)17-14/h2-3,6-7,11H,4-5,8-10H2,1H3,(H,16,17). The Kier molecular flexibility index (Phi) is 3.69. The van der Waals surface area contributed by atoms with E-state index in [1.54, 1.807) is 0 Å². The van der Waals surface area contributed by atoms with Gasteiger partial charge in [0.15, 0.2) is 0 Å². The van der Waals surface area contributed by atoms with Gasteiger partial charge in [-0.25, -0.2) is 4.98 Å². The van der Waals surface area contributed by atoms with Gasteiger partial charge in [0.1, 0.15) is 5.82 Å². The molecule has 0 radical (unpaired) electrons. The third kappa shape index (κ3) is 2.67. The molecule has 1 aliphatic heterocycles. The van der Waals surface area contributed by atoms with E-state index in [2.05, 4.69) is 14.9 Å². The number of para-hydroxylation sites is 2. The minimum Gasteiger partial charge on any atom is -0.469 e. The van der Waals surface area contributed by atoms with E-state index in [0.29, 0.717) is 0 Å². The molecule has 20 heavy (non-hydrogen) atoms. The van der Waals surface area contributed by atoms with Crippen LogP contribution in [-0.2, 0) is 16.1 Å². The second-order valence-corrected chi connectivity index (χ2v) is 5.30. The number of likely N-dealkylation sites (tertiary alicyclic amines) is 1. The summed E-state index contributed by atoms with van der Waals surface area (Å²) in [4.78, 5) is 21.8. The molecule has 0 amide bonds. The Hall–Kier alpha value is -1.88. The molecule has 1 aromatic heterocycles. The van der Waals surface area contributed by atoms with Gasteiger partial charge in [-0.1, -0.05) is 12.1 Å². The van der Waals surface area contributed by atoms with Crippen LogP contribution in [0.2, 0.25) is 0 Å². The predicted octanol–water partition coefficient (Wildman–Crippen LogP) is 1.95. The fourth-order valence-corrected chi connectivity index (χ4v) is 2.85. The summed E-state index contributed by atoms with van der Waals surface area (Å²) in [6, 6.07) is 8.02. The Labute approximate surface area is 117 Å². The van der Waals surface area contributed by atoms with Crippen molar-refractivity contribution < 1.29 is 9.53 Å². The van der Waals surface area contributed by atoms with Crippen LogP contribution in [0.4, 0.5) is 0 Å². The number of hydrogen-bond donors (Lipinski definition) is 1. The first-order valence-corrected chi connectivity index (χ1v) is 7.00. The zero-order valence-electron chi connectivity index (χ0n) is 11.6. The van der Waals surface area contributed by atoms with Crippen molar-refractivity contribution >= 4 is 17.0 Å². The van der Waals surface area contributed by atoms with E-state index in [1.165, 1.54) is 7.11 Å². The van der Waals surface area contributed by atoms with Gasteiger partial charge in [-0.15, -0.1) is 0 Å². The first-order valence-electron chi connectivity index (χ1n) is 7.00. The Balaban J connectivity index is 1.69. The van der Waals surface area contributed by atoms with Gasteiger partial charge in [0.25, 0.3) is 0 Å². The molecule has 3 rings (SSSR count). The van der Waals surface area contributed by atoms with Crippen LogP contribution >= 0.6 is 0 Å². The van der Waals surface area contributed by atoms with E-state index in [-0.39, 0.29) is 11.9 Å². The molecular formula is C15H19N3O2. The molecule has 0 bridgehead atoms. The minimum absolute atomic E-state index is 0.00173. The predicted molar refractivity (Wildman–Crippen MR) is 76.1 cm³/mol. The Morgan fingerprint density at radius 1 is 1.50 bits per heavy atom. The molecule has 0 spiro atoms. The van der Waals surface area contributed by atoms with Gasteiger partial charge in [-0.3, -0.25) is 9.69 Å². The van der Waals surface area contributed by atoms with E-state index >= 15 is 0 Å². The summed E-state index contributed by atoms with van der Waals surface area (Å²) >= 11 is 0. The summed E-state index contributed by atoms with van der Waals surface area (Å²) in [6.45, 7) is 2.51. The monoisotopic (exact) mass is 273 g/mol. The first-order chi connectivity index (χ1) is 9.76. The number of benzene rings is 1. The van der Waals surface area contributed by atoms with E-state index in [9.17, 15) is 4.79 Å². The van der Waals surface area contributed by atoms with Crippen LogP contribution in [0.15, 0.2) is 24.3 Å². The second-order valence-electron chi connectivity index (χ2n) is 5.30. The third-order valence-electron chi connectivity index (χ3n) is 3.85. The number of carbonyl (C=O) groups excluding carboxylic acids is 1. The summed E-state index contributed by atoms with van der Waals surface area (Å²) in [7, 11) is 1.46. The number of carbonyl (C=O) groups is 1. The lowest BCUT2D eigenvalue weighted by Gasteiger charge is -2.30. The molecule has 1 N–H and O–H groups in total. The summed E-state index contributed by atoms with van der Waals surface area (Å²) in [6.07, 6.45) is 1.95. The number of esters is 1. The van der Waals surface area contributed by atoms with Crippen molar-refractivity contribution in [3.8, 4) is 0 Å². The molecule has 1 aliphatic rings. The fourth-order valence-electron chi connectivity index (χ4n) is 2.85. The van der Waals surface area contributed by atoms with E-state index in [0.717, 1.165) is 49.3 Å². The summed E-state index contributed by atoms with van der Waals surface area (Å²) in [5.41, 5.74) is 2.05. The number of methoxy groups -OCH3 is 1. The Morgan fingerprint density at radius 3 is 3.15 bits per heavy atom. The molecular weight excluding hydrogens is 254 g/mol. The molecule has 2 heterocycles. The Bertz CT molecular complexity index is 575. The largest absolute Gasteiger partial charge is 0.469 e. The van der Waals surface area contributed by atoms with Gasteiger partial charge < -0.3 is 9.72 Å². The number of ether oxygens (including phenoxy) is 1. The number of hydrogen-bond acceptors (Lipinski definition) is 4. The van der Waals surface area contributed by atoms with Gasteiger partial charge in [0.2, 0.25) is 0 Å². The van der Waals surface area contributed by atoms with Crippen LogP contribution in [0.1, 0.15) is 18.7 Å². The topological polar surface area (TPSA) is 58.2 Å². The summed E-state index contributed by atoms with van der Waals surface area (Å²) in [5, 5.41) is 0. The number of aromatic nitrogens is 2. The highest BCUT2D eigenvalue weighted by atomic mass is 16.5. The number of fused-ring (bicyclic) bond motifs is 1. The highest BCUT2D eigenvalue weighted by molar-refractivity contribution is 5.74. The second kappa shape index (κ2) is 5.63. The highest BCUT2D eigenvalue weighted by Gasteiger charge is 2.26. The molecule has 0 saturated carbocycles. The number of nitrogens with zero attached hydrogens (tertiary/aromatic N) is 2. The van der Waals surface area contributed by atoms with Crippen molar-refractivity contribution in [3.05, 3.63) is 30.1 Å². The zero-order valence-corrected chi connectivity index (χ0v) is 11.6. The average molecular weight is 273 g/mol. The Morgan fingerprint density at radius 2 is 2.35 bits per heavy atom. The van der Waals surface area contributed by atoms with Gasteiger partial charge >= 0.3 is 5.97 Å². The van der Waals surface area contributed by atoms with Crippen LogP contribution in [0.25, 0.3) is 11.0 Å². The molecule has 0 aliphatic carbocycles. The number of rotatable bonds is 3. The summed E-state index contributed by atoms with van der Waals surface area (Å²) < 4.78 is 4.85. The van der Waals surface area contributed by atoms with Crippen molar-refractivity contribution in [2.75, 3.05) is 20.2 Å². The molecule has 1 aromatic carbocycles. The molecule has 1 fully saturated rings. The van der Waals surface area contributed by atoms with Crippen molar-refractivity contribution in [1.82, 2.24) is 14.9 Å². The zero-order chi connectivity index (χ0) is 13.9. The van der Waals surface area contributed by atoms with Crippen molar-refractivity contribution in [3.63, 3.8) is 0 Å². The van der Waals surface area contributed by atoms with Gasteiger partial charge in [-0.2, -0.15) is 0 Å². The number of H-pyrrole nitrogens is 1. The van der Waals surface area contributed by atoms with Crippen LogP contribution < -0.4 is 0 Å². The minimum atomic E-state index is -0.0979. The highest BCUT2D eigenvalue weighted by Crippen LogP contribution is 2.20. The molecule has 5 heteroatoms. The maximum absolute atomic E-state index is 11.6. The van der Waals surface area contributed by atoms with Crippen LogP contribution in [0.3, 0.4) is 0 Å². The SMILES string of the molecule is COC(=O)C1CCCN(Cc2nc3ccccc3[nH]2)C1. The van der Waals surface area contributed by atoms with Crippen LogP contribution in [-0.4, -0.2) is 41.0 Å². The molecule has 1 unspecified atom stereocenters. The number of piperidine rings is 1. The fraction of sp³-hybridized carbons (Fsp3) is 0.467. The number of imidazole rings is 1. The normalized spacial score (nSPS) is 20.1. The smallest absolute Gasteiger partial charge is 0.309 e. The molecule has 2 aromatic rings. The van der Waals surface area contributed by atoms with E-state index in [1.807, 2.05) is 24.3 Å². The van der Waals surface area contributed by atoms with E-state index < -0.39 is 0 Å². The molecule has 1 atom stereocenters. The van der Waals surface area contributed by atoms with Gasteiger partial charge in [-0.05, 0) is 31.5 Å². The summed E-state index contributed by atoms with van der Waals surface area (Å²) in [5.74, 6) is 0.856. The lowest BCUT2D eigenvalue weighted by atomic mass is 9.98. The lowest BCUT2D eigenvalue weighted by molar-refractivity contribution is -0.147. The molecule has 1 saturated heterocycles. The first kappa shape index (κ1) is 13.1. The van der Waals surface area contributed by atoms with Gasteiger partial charge in [0, 0.05) is 6.54 Å². The van der Waals surface area contributed by atoms with Gasteiger partial charge in [0.05, 0.1) is 30.6 Å². The quantitative estimate of drug-likeness (QED) is 0.868.